The van der Waals surface area contributed by atoms with Crippen LogP contribution in [0.2, 0.25) is 5.02 Å². The standard InChI is InChI=1S/C12H17ClN2O3/c1-3-5-15-8-9(13)7-10(15)12(18)14(2)6-4-11(16)17/h7-8H,3-6H2,1-2H3,(H,16,17). The molecule has 0 aliphatic heterocycles. The predicted octanol–water partition coefficient (Wildman–Crippen LogP) is 2.10. The maximum atomic E-state index is 12.1. The first-order valence-electron chi connectivity index (χ1n) is 5.78. The van der Waals surface area contributed by atoms with E-state index < -0.39 is 5.97 Å². The summed E-state index contributed by atoms with van der Waals surface area (Å²) >= 11 is 5.89. The van der Waals surface area contributed by atoms with Crippen molar-refractivity contribution in [2.24, 2.45) is 0 Å². The summed E-state index contributed by atoms with van der Waals surface area (Å²) in [5.74, 6) is -1.13. The fourth-order valence-electron chi connectivity index (χ4n) is 1.64. The second kappa shape index (κ2) is 6.44. The quantitative estimate of drug-likeness (QED) is 0.863. The van der Waals surface area contributed by atoms with Crippen molar-refractivity contribution in [1.82, 2.24) is 9.47 Å². The molecule has 0 bridgehead atoms. The highest BCUT2D eigenvalue weighted by Crippen LogP contribution is 2.16. The van der Waals surface area contributed by atoms with Gasteiger partial charge in [0.15, 0.2) is 0 Å². The van der Waals surface area contributed by atoms with Crippen LogP contribution in [0.3, 0.4) is 0 Å². The van der Waals surface area contributed by atoms with E-state index in [2.05, 4.69) is 0 Å². The summed E-state index contributed by atoms with van der Waals surface area (Å²) in [4.78, 5) is 24.0. The fourth-order valence-corrected chi connectivity index (χ4v) is 1.86. The molecule has 0 unspecified atom stereocenters. The van der Waals surface area contributed by atoms with Crippen LogP contribution < -0.4 is 0 Å². The summed E-state index contributed by atoms with van der Waals surface area (Å²) in [5.41, 5.74) is 0.495. The first-order chi connectivity index (χ1) is 8.45. The number of nitrogens with zero attached hydrogens (tertiary/aromatic N) is 2. The topological polar surface area (TPSA) is 62.5 Å². The average Bonchev–Trinajstić information content (AvgIpc) is 2.66. The van der Waals surface area contributed by atoms with Gasteiger partial charge in [-0.1, -0.05) is 18.5 Å². The zero-order chi connectivity index (χ0) is 13.7. The van der Waals surface area contributed by atoms with Crippen molar-refractivity contribution in [2.75, 3.05) is 13.6 Å². The SMILES string of the molecule is CCCn1cc(Cl)cc1C(=O)N(C)CCC(=O)O. The third-order valence-electron chi connectivity index (χ3n) is 2.55. The van der Waals surface area contributed by atoms with Gasteiger partial charge >= 0.3 is 5.97 Å². The average molecular weight is 273 g/mol. The van der Waals surface area contributed by atoms with Gasteiger partial charge in [-0.25, -0.2) is 0 Å². The Bertz CT molecular complexity index is 443. The Morgan fingerprint density at radius 2 is 2.17 bits per heavy atom. The normalized spacial score (nSPS) is 10.4. The van der Waals surface area contributed by atoms with E-state index >= 15 is 0 Å². The van der Waals surface area contributed by atoms with E-state index in [1.165, 1.54) is 4.90 Å². The Morgan fingerprint density at radius 1 is 1.50 bits per heavy atom. The number of hydrogen-bond donors (Lipinski definition) is 1. The first-order valence-corrected chi connectivity index (χ1v) is 6.16. The molecule has 0 fully saturated rings. The molecule has 1 heterocycles. The van der Waals surface area contributed by atoms with Crippen molar-refractivity contribution in [1.29, 1.82) is 0 Å². The lowest BCUT2D eigenvalue weighted by Gasteiger charge is -2.17. The van der Waals surface area contributed by atoms with Crippen molar-refractivity contribution < 1.29 is 14.7 Å². The molecule has 1 aromatic rings. The maximum absolute atomic E-state index is 12.1. The molecular weight excluding hydrogens is 256 g/mol. The molecule has 0 radical (unpaired) electrons. The Labute approximate surface area is 111 Å². The van der Waals surface area contributed by atoms with E-state index in [1.54, 1.807) is 23.9 Å². The number of carboxylic acid groups (broad SMARTS) is 1. The summed E-state index contributed by atoms with van der Waals surface area (Å²) in [6.45, 7) is 2.90. The van der Waals surface area contributed by atoms with Crippen LogP contribution in [0.25, 0.3) is 0 Å². The van der Waals surface area contributed by atoms with Crippen LogP contribution in [0.15, 0.2) is 12.3 Å². The number of amides is 1. The van der Waals surface area contributed by atoms with Gasteiger partial charge in [-0.3, -0.25) is 9.59 Å². The van der Waals surface area contributed by atoms with Crippen molar-refractivity contribution in [3.63, 3.8) is 0 Å². The van der Waals surface area contributed by atoms with E-state index in [4.69, 9.17) is 16.7 Å². The first kappa shape index (κ1) is 14.6. The molecule has 0 saturated heterocycles. The van der Waals surface area contributed by atoms with E-state index in [0.29, 0.717) is 17.3 Å². The van der Waals surface area contributed by atoms with Crippen LogP contribution in [0, 0.1) is 0 Å². The van der Waals surface area contributed by atoms with Gasteiger partial charge in [0.2, 0.25) is 0 Å². The lowest BCUT2D eigenvalue weighted by molar-refractivity contribution is -0.137. The van der Waals surface area contributed by atoms with Crippen LogP contribution in [0.1, 0.15) is 30.3 Å². The fraction of sp³-hybridized carbons (Fsp3) is 0.500. The zero-order valence-electron chi connectivity index (χ0n) is 10.5. The Hall–Kier alpha value is -1.49. The molecule has 1 aromatic heterocycles. The molecule has 5 nitrogen and oxygen atoms in total. The number of aromatic nitrogens is 1. The maximum Gasteiger partial charge on any atom is 0.305 e. The van der Waals surface area contributed by atoms with Gasteiger partial charge in [0.05, 0.1) is 11.4 Å². The van der Waals surface area contributed by atoms with Crippen LogP contribution in [0.4, 0.5) is 0 Å². The molecule has 1 N–H and O–H groups in total. The molecule has 0 saturated carbocycles. The van der Waals surface area contributed by atoms with Crippen molar-refractivity contribution >= 4 is 23.5 Å². The summed E-state index contributed by atoms with van der Waals surface area (Å²) < 4.78 is 1.79. The molecule has 0 aromatic carbocycles. The number of carbonyl (C=O) groups excluding carboxylic acids is 1. The van der Waals surface area contributed by atoms with Gasteiger partial charge in [0, 0.05) is 26.3 Å². The Morgan fingerprint density at radius 3 is 2.72 bits per heavy atom. The summed E-state index contributed by atoms with van der Waals surface area (Å²) in [6, 6.07) is 1.61. The summed E-state index contributed by atoms with van der Waals surface area (Å²) in [5, 5.41) is 9.11. The van der Waals surface area contributed by atoms with Crippen molar-refractivity contribution in [3.8, 4) is 0 Å². The molecule has 0 aliphatic rings. The van der Waals surface area contributed by atoms with Crippen LogP contribution in [-0.4, -0.2) is 40.0 Å². The smallest absolute Gasteiger partial charge is 0.305 e. The van der Waals surface area contributed by atoms with Gasteiger partial charge in [-0.2, -0.15) is 0 Å². The molecule has 0 atom stereocenters. The molecule has 0 spiro atoms. The van der Waals surface area contributed by atoms with Crippen molar-refractivity contribution in [2.45, 2.75) is 26.3 Å². The number of carboxylic acids is 1. The second-order valence-electron chi connectivity index (χ2n) is 4.11. The number of aryl methyl sites for hydroxylation is 1. The summed E-state index contributed by atoms with van der Waals surface area (Å²) in [7, 11) is 1.59. The van der Waals surface area contributed by atoms with Gasteiger partial charge in [-0.05, 0) is 12.5 Å². The second-order valence-corrected chi connectivity index (χ2v) is 4.54. The molecule has 1 rings (SSSR count). The largest absolute Gasteiger partial charge is 0.481 e. The van der Waals surface area contributed by atoms with E-state index in [0.717, 1.165) is 6.42 Å². The third-order valence-corrected chi connectivity index (χ3v) is 2.76. The van der Waals surface area contributed by atoms with Gasteiger partial charge in [-0.15, -0.1) is 0 Å². The van der Waals surface area contributed by atoms with E-state index in [9.17, 15) is 9.59 Å². The Balaban J connectivity index is 2.79. The minimum atomic E-state index is -0.920. The monoisotopic (exact) mass is 272 g/mol. The highest BCUT2D eigenvalue weighted by molar-refractivity contribution is 6.31. The zero-order valence-corrected chi connectivity index (χ0v) is 11.3. The lowest BCUT2D eigenvalue weighted by atomic mass is 10.3. The summed E-state index contributed by atoms with van der Waals surface area (Å²) in [6.07, 6.45) is 2.54. The van der Waals surface area contributed by atoms with Crippen LogP contribution >= 0.6 is 11.6 Å². The minimum Gasteiger partial charge on any atom is -0.481 e. The predicted molar refractivity (Wildman–Crippen MR) is 68.9 cm³/mol. The number of aliphatic carboxylic acids is 1. The number of carbonyl (C=O) groups is 2. The molecule has 6 heteroatoms. The van der Waals surface area contributed by atoms with Gasteiger partial charge in [0.1, 0.15) is 5.69 Å². The number of hydrogen-bond acceptors (Lipinski definition) is 2. The molecule has 100 valence electrons. The highest BCUT2D eigenvalue weighted by atomic mass is 35.5. The third kappa shape index (κ3) is 3.77. The minimum absolute atomic E-state index is 0.0650. The highest BCUT2D eigenvalue weighted by Gasteiger charge is 2.17. The van der Waals surface area contributed by atoms with Crippen molar-refractivity contribution in [3.05, 3.63) is 23.0 Å². The Kier molecular flexibility index (Phi) is 5.22. The van der Waals surface area contributed by atoms with Gasteiger partial charge < -0.3 is 14.6 Å². The van der Waals surface area contributed by atoms with Crippen LogP contribution in [0.5, 0.6) is 0 Å². The molecular formula is C12H17ClN2O3. The van der Waals surface area contributed by atoms with E-state index in [1.807, 2.05) is 6.92 Å². The van der Waals surface area contributed by atoms with E-state index in [-0.39, 0.29) is 18.9 Å². The number of rotatable bonds is 6. The van der Waals surface area contributed by atoms with Gasteiger partial charge in [0.25, 0.3) is 5.91 Å². The molecule has 0 aliphatic carbocycles. The number of halogens is 1. The molecule has 1 amide bonds. The van der Waals surface area contributed by atoms with Crippen LogP contribution in [-0.2, 0) is 11.3 Å². The lowest BCUT2D eigenvalue weighted by Crippen LogP contribution is -2.30. The molecule has 18 heavy (non-hydrogen) atoms.